The lowest BCUT2D eigenvalue weighted by Crippen LogP contribution is -2.12. The Morgan fingerprint density at radius 1 is 0.583 bits per heavy atom. The quantitative estimate of drug-likeness (QED) is 0.692. The van der Waals surface area contributed by atoms with Gasteiger partial charge in [0.05, 0.1) is 14.2 Å². The minimum absolute atomic E-state index is 0.0893. The monoisotopic (exact) mass is 326 g/mol. The maximum atomic E-state index is 5.68. The van der Waals surface area contributed by atoms with E-state index in [-0.39, 0.29) is 10.8 Å². The minimum atomic E-state index is 0.0893. The summed E-state index contributed by atoms with van der Waals surface area (Å²) >= 11 is 0. The molecule has 0 spiro atoms. The maximum Gasteiger partial charge on any atom is 0.127 e. The first kappa shape index (κ1) is 18.4. The lowest BCUT2D eigenvalue weighted by Gasteiger charge is -2.23. The number of hydrogen-bond donors (Lipinski definition) is 0. The van der Waals surface area contributed by atoms with Gasteiger partial charge in [0.2, 0.25) is 0 Å². The van der Waals surface area contributed by atoms with Crippen LogP contribution in [0.3, 0.4) is 0 Å². The zero-order chi connectivity index (χ0) is 18.1. The highest BCUT2D eigenvalue weighted by Gasteiger charge is 2.20. The summed E-state index contributed by atoms with van der Waals surface area (Å²) in [5.41, 5.74) is 4.81. The Morgan fingerprint density at radius 3 is 1.17 bits per heavy atom. The molecule has 0 aromatic heterocycles. The average molecular weight is 326 g/mol. The molecular weight excluding hydrogens is 296 g/mol. The molecule has 2 aromatic rings. The Balaban J connectivity index is 2.59. The van der Waals surface area contributed by atoms with Crippen LogP contribution in [0.1, 0.15) is 52.7 Å². The van der Waals surface area contributed by atoms with Gasteiger partial charge < -0.3 is 9.47 Å². The van der Waals surface area contributed by atoms with Crippen LogP contribution in [-0.4, -0.2) is 14.2 Å². The molecule has 130 valence electrons. The summed E-state index contributed by atoms with van der Waals surface area (Å²) in [5.74, 6) is 1.76. The molecule has 2 aromatic carbocycles. The Kier molecular flexibility index (Phi) is 4.98. The van der Waals surface area contributed by atoms with E-state index in [0.717, 1.165) is 22.6 Å². The van der Waals surface area contributed by atoms with Crippen LogP contribution in [0.2, 0.25) is 0 Å². The van der Waals surface area contributed by atoms with Crippen molar-refractivity contribution in [3.8, 4) is 22.6 Å². The fraction of sp³-hybridized carbons (Fsp3) is 0.455. The molecule has 0 N–H and O–H groups in total. The molecule has 0 saturated heterocycles. The van der Waals surface area contributed by atoms with Crippen molar-refractivity contribution < 1.29 is 9.47 Å². The van der Waals surface area contributed by atoms with E-state index in [2.05, 4.69) is 77.9 Å². The van der Waals surface area contributed by atoms with Crippen molar-refractivity contribution in [2.45, 2.75) is 52.4 Å². The molecule has 0 aliphatic heterocycles. The lowest BCUT2D eigenvalue weighted by molar-refractivity contribution is 0.408. The molecule has 0 heterocycles. The summed E-state index contributed by atoms with van der Waals surface area (Å²) in [6.45, 7) is 13.3. The van der Waals surface area contributed by atoms with Gasteiger partial charge >= 0.3 is 0 Å². The predicted octanol–water partition coefficient (Wildman–Crippen LogP) is 5.97. The topological polar surface area (TPSA) is 18.5 Å². The minimum Gasteiger partial charge on any atom is -0.496 e. The van der Waals surface area contributed by atoms with E-state index in [1.165, 1.54) is 11.1 Å². The first-order valence-corrected chi connectivity index (χ1v) is 8.45. The largest absolute Gasteiger partial charge is 0.496 e. The molecule has 0 unspecified atom stereocenters. The van der Waals surface area contributed by atoms with E-state index in [9.17, 15) is 0 Å². The fourth-order valence-electron chi connectivity index (χ4n) is 2.76. The number of rotatable bonds is 3. The molecule has 0 aliphatic carbocycles. The standard InChI is InChI=1S/C22H30O2/c1-21(2,3)15-9-11-17(19(13-15)23-7)18-12-10-16(22(4,5)6)14-20(18)24-8/h9-14H,1-8H3. The van der Waals surface area contributed by atoms with Gasteiger partial charge in [-0.25, -0.2) is 0 Å². The molecule has 0 amide bonds. The van der Waals surface area contributed by atoms with Gasteiger partial charge in [0.1, 0.15) is 11.5 Å². The molecule has 0 saturated carbocycles. The molecule has 2 heteroatoms. The van der Waals surface area contributed by atoms with Crippen molar-refractivity contribution in [2.75, 3.05) is 14.2 Å². The van der Waals surface area contributed by atoms with Gasteiger partial charge in [-0.1, -0.05) is 65.8 Å². The SMILES string of the molecule is COc1cc(C(C)(C)C)ccc1-c1ccc(C(C)(C)C)cc1OC. The van der Waals surface area contributed by atoms with E-state index in [1.807, 2.05) is 0 Å². The summed E-state index contributed by atoms with van der Waals surface area (Å²) < 4.78 is 11.4. The average Bonchev–Trinajstić information content (AvgIpc) is 2.51. The molecule has 0 aliphatic rings. The highest BCUT2D eigenvalue weighted by Crippen LogP contribution is 2.40. The Hall–Kier alpha value is -1.96. The molecule has 24 heavy (non-hydrogen) atoms. The van der Waals surface area contributed by atoms with Crippen LogP contribution in [0.15, 0.2) is 36.4 Å². The van der Waals surface area contributed by atoms with E-state index in [1.54, 1.807) is 14.2 Å². The fourth-order valence-corrected chi connectivity index (χ4v) is 2.76. The van der Waals surface area contributed by atoms with Crippen LogP contribution in [0, 0.1) is 0 Å². The molecular formula is C22H30O2. The van der Waals surface area contributed by atoms with Crippen LogP contribution >= 0.6 is 0 Å². The van der Waals surface area contributed by atoms with Crippen molar-refractivity contribution in [1.29, 1.82) is 0 Å². The number of methoxy groups -OCH3 is 2. The zero-order valence-corrected chi connectivity index (χ0v) is 16.3. The van der Waals surface area contributed by atoms with Crippen LogP contribution < -0.4 is 9.47 Å². The van der Waals surface area contributed by atoms with Gasteiger partial charge in [0, 0.05) is 11.1 Å². The van der Waals surface area contributed by atoms with E-state index < -0.39 is 0 Å². The van der Waals surface area contributed by atoms with Gasteiger partial charge in [0.15, 0.2) is 0 Å². The van der Waals surface area contributed by atoms with Gasteiger partial charge in [-0.2, -0.15) is 0 Å². The first-order chi connectivity index (χ1) is 11.1. The summed E-state index contributed by atoms with van der Waals surface area (Å²) in [6.07, 6.45) is 0. The van der Waals surface area contributed by atoms with Crippen molar-refractivity contribution in [1.82, 2.24) is 0 Å². The van der Waals surface area contributed by atoms with Gasteiger partial charge in [-0.05, 0) is 34.1 Å². The third-order valence-corrected chi connectivity index (χ3v) is 4.43. The second-order valence-corrected chi connectivity index (χ2v) is 8.33. The Labute approximate surface area is 146 Å². The highest BCUT2D eigenvalue weighted by atomic mass is 16.5. The molecule has 0 atom stereocenters. The lowest BCUT2D eigenvalue weighted by atomic mass is 9.84. The highest BCUT2D eigenvalue weighted by molar-refractivity contribution is 5.77. The first-order valence-electron chi connectivity index (χ1n) is 8.45. The normalized spacial score (nSPS) is 12.2. The number of hydrogen-bond acceptors (Lipinski definition) is 2. The van der Waals surface area contributed by atoms with Gasteiger partial charge in [-0.3, -0.25) is 0 Å². The summed E-state index contributed by atoms with van der Waals surface area (Å²) in [5, 5.41) is 0. The van der Waals surface area contributed by atoms with Crippen LogP contribution in [-0.2, 0) is 10.8 Å². The Morgan fingerprint density at radius 2 is 0.917 bits per heavy atom. The zero-order valence-electron chi connectivity index (χ0n) is 16.3. The van der Waals surface area contributed by atoms with Crippen molar-refractivity contribution >= 4 is 0 Å². The molecule has 0 fully saturated rings. The Bertz CT molecular complexity index is 652. The summed E-state index contributed by atoms with van der Waals surface area (Å²) in [6, 6.07) is 12.9. The second kappa shape index (κ2) is 6.51. The smallest absolute Gasteiger partial charge is 0.127 e. The number of ether oxygens (including phenoxy) is 2. The third-order valence-electron chi connectivity index (χ3n) is 4.43. The predicted molar refractivity (Wildman–Crippen MR) is 102 cm³/mol. The van der Waals surface area contributed by atoms with E-state index in [4.69, 9.17) is 9.47 Å². The molecule has 0 bridgehead atoms. The van der Waals surface area contributed by atoms with Gasteiger partial charge in [0.25, 0.3) is 0 Å². The second-order valence-electron chi connectivity index (χ2n) is 8.33. The van der Waals surface area contributed by atoms with Crippen molar-refractivity contribution in [3.63, 3.8) is 0 Å². The molecule has 2 rings (SSSR count). The molecule has 2 nitrogen and oxygen atoms in total. The molecule has 0 radical (unpaired) electrons. The van der Waals surface area contributed by atoms with Crippen molar-refractivity contribution in [2.24, 2.45) is 0 Å². The van der Waals surface area contributed by atoms with Crippen LogP contribution in [0.4, 0.5) is 0 Å². The summed E-state index contributed by atoms with van der Waals surface area (Å²) in [7, 11) is 3.45. The van der Waals surface area contributed by atoms with Crippen molar-refractivity contribution in [3.05, 3.63) is 47.5 Å². The van der Waals surface area contributed by atoms with Gasteiger partial charge in [-0.15, -0.1) is 0 Å². The summed E-state index contributed by atoms with van der Waals surface area (Å²) in [4.78, 5) is 0. The van der Waals surface area contributed by atoms with Crippen LogP contribution in [0.25, 0.3) is 11.1 Å². The van der Waals surface area contributed by atoms with Crippen LogP contribution in [0.5, 0.6) is 11.5 Å². The van der Waals surface area contributed by atoms with E-state index in [0.29, 0.717) is 0 Å². The maximum absolute atomic E-state index is 5.68. The third kappa shape index (κ3) is 3.75. The number of benzene rings is 2. The van der Waals surface area contributed by atoms with E-state index >= 15 is 0 Å².